The first-order valence-corrected chi connectivity index (χ1v) is 12.4. The van der Waals surface area contributed by atoms with Gasteiger partial charge < -0.3 is 24.4 Å². The summed E-state index contributed by atoms with van der Waals surface area (Å²) in [7, 11) is 1.65. The van der Waals surface area contributed by atoms with E-state index in [4.69, 9.17) is 9.47 Å². The number of benzene rings is 1. The fourth-order valence-electron chi connectivity index (χ4n) is 4.22. The summed E-state index contributed by atoms with van der Waals surface area (Å²) in [6.45, 7) is 2.10. The topological polar surface area (TPSA) is 155 Å². The molecule has 2 saturated heterocycles. The molecule has 0 radical (unpaired) electrons. The van der Waals surface area contributed by atoms with Gasteiger partial charge in [0.25, 0.3) is 0 Å². The Morgan fingerprint density at radius 3 is 2.58 bits per heavy atom. The van der Waals surface area contributed by atoms with Gasteiger partial charge in [0.2, 0.25) is 18.6 Å². The summed E-state index contributed by atoms with van der Waals surface area (Å²) in [5.74, 6) is 0.767. The zero-order valence-electron chi connectivity index (χ0n) is 21.5. The van der Waals surface area contributed by atoms with E-state index in [0.29, 0.717) is 50.0 Å². The lowest BCUT2D eigenvalue weighted by molar-refractivity contribution is -0.151. The molecule has 38 heavy (non-hydrogen) atoms. The molecule has 3 aliphatic rings. The van der Waals surface area contributed by atoms with Crippen LogP contribution in [-0.2, 0) is 30.4 Å². The molecule has 0 aromatic heterocycles. The molecule has 2 atom stereocenters. The highest BCUT2D eigenvalue weighted by atomic mass is 16.7. The number of nitrogens with zero attached hydrogens (tertiary/aromatic N) is 3. The van der Waals surface area contributed by atoms with Gasteiger partial charge in [-0.05, 0) is 50.9 Å². The minimum absolute atomic E-state index is 0.0291. The van der Waals surface area contributed by atoms with E-state index in [0.717, 1.165) is 16.9 Å². The minimum atomic E-state index is -0.702. The Hall–Kier alpha value is -4.00. The molecule has 1 aromatic carbocycles. The van der Waals surface area contributed by atoms with E-state index in [1.807, 2.05) is 12.1 Å². The van der Waals surface area contributed by atoms with Gasteiger partial charge in [0.05, 0.1) is 12.6 Å². The van der Waals surface area contributed by atoms with Gasteiger partial charge in [-0.1, -0.05) is 6.07 Å². The number of nitrogens with one attached hydrogen (secondary N) is 2. The number of hydrazine groups is 2. The second-order valence-electron chi connectivity index (χ2n) is 9.05. The molecule has 0 aliphatic carbocycles. The molecule has 13 nitrogen and oxygen atoms in total. The van der Waals surface area contributed by atoms with Crippen molar-refractivity contribution in [2.45, 2.75) is 57.5 Å². The zero-order valence-corrected chi connectivity index (χ0v) is 21.5. The molecule has 2 N–H and O–H groups in total. The lowest BCUT2D eigenvalue weighted by atomic mass is 10.1. The molecule has 1 aromatic rings. The molecule has 2 fully saturated rings. The number of Topliss-reactive ketones (excluding diaryl/α,β-unsaturated/α-hetero) is 1. The van der Waals surface area contributed by atoms with Gasteiger partial charge >= 0.3 is 6.03 Å². The number of aryl methyl sites for hydroxylation is 1. The lowest BCUT2D eigenvalue weighted by Crippen LogP contribution is -2.61. The third kappa shape index (κ3) is 7.28. The molecule has 0 saturated carbocycles. The van der Waals surface area contributed by atoms with Crippen molar-refractivity contribution in [3.8, 4) is 11.5 Å². The maximum Gasteiger partial charge on any atom is 0.358 e. The van der Waals surface area contributed by atoms with E-state index in [1.165, 1.54) is 16.9 Å². The number of urea groups is 1. The zero-order chi connectivity index (χ0) is 27.7. The van der Waals surface area contributed by atoms with Crippen LogP contribution in [0.25, 0.3) is 0 Å². The van der Waals surface area contributed by atoms with Crippen LogP contribution >= 0.6 is 0 Å². The van der Waals surface area contributed by atoms with E-state index >= 15 is 0 Å². The highest BCUT2D eigenvalue weighted by molar-refractivity contribution is 5.88. The van der Waals surface area contributed by atoms with Crippen LogP contribution in [0.1, 0.15) is 44.6 Å². The molecule has 0 unspecified atom stereocenters. The molecule has 0 spiro atoms. The van der Waals surface area contributed by atoms with Crippen molar-refractivity contribution in [1.29, 1.82) is 0 Å². The third-order valence-corrected chi connectivity index (χ3v) is 6.24. The second-order valence-corrected chi connectivity index (χ2v) is 9.05. The molecule has 206 valence electrons. The van der Waals surface area contributed by atoms with E-state index in [9.17, 15) is 28.8 Å². The first-order chi connectivity index (χ1) is 18.3. The molecular weight excluding hydrogens is 498 g/mol. The molecule has 3 aliphatic heterocycles. The van der Waals surface area contributed by atoms with Crippen molar-refractivity contribution in [1.82, 2.24) is 25.8 Å². The average molecular weight is 532 g/mol. The van der Waals surface area contributed by atoms with Gasteiger partial charge in [-0.25, -0.2) is 19.8 Å². The first-order valence-electron chi connectivity index (χ1n) is 12.4. The smallest absolute Gasteiger partial charge is 0.358 e. The summed E-state index contributed by atoms with van der Waals surface area (Å²) in [6, 6.07) is 3.91. The van der Waals surface area contributed by atoms with Crippen LogP contribution in [0.15, 0.2) is 18.2 Å². The molecule has 3 heterocycles. The van der Waals surface area contributed by atoms with Crippen molar-refractivity contribution in [3.63, 3.8) is 0 Å². The Morgan fingerprint density at radius 2 is 1.92 bits per heavy atom. The number of hydrogen-bond donors (Lipinski definition) is 2. The van der Waals surface area contributed by atoms with Crippen LogP contribution in [0.2, 0.25) is 0 Å². The lowest BCUT2D eigenvalue weighted by Gasteiger charge is -2.41. The second kappa shape index (κ2) is 13.5. The molecule has 13 heteroatoms. The van der Waals surface area contributed by atoms with Crippen molar-refractivity contribution in [2.24, 2.45) is 0 Å². The maximum absolute atomic E-state index is 12.9. The Bertz CT molecular complexity index is 1060. The van der Waals surface area contributed by atoms with Crippen LogP contribution in [0.3, 0.4) is 0 Å². The Kier molecular flexibility index (Phi) is 10.2. The summed E-state index contributed by atoms with van der Waals surface area (Å²) in [5.41, 5.74) is 3.49. The quantitative estimate of drug-likeness (QED) is 0.430. The maximum atomic E-state index is 12.9. The summed E-state index contributed by atoms with van der Waals surface area (Å²) < 4.78 is 10.6. The number of carbonyl (C=O) groups excluding carboxylic acids is 6. The standard InChI is InChI=1S/C19H22N4O6.C6H11NO2/c24-11-14-2-1-8-22-18(26)7-9-21(19(27)23(14)22)20-17(25)6-4-13-3-5-15-16(10-13)29-12-28-15;1-5(9)3-6(4-8)7-2/h3,5,10-11,14H,1-2,4,6-9,12H2,(H,20,25);4,6-7H,3H2,1-2H3/t14-;6-/m00/s1. The number of ether oxygens (including phenoxy) is 2. The van der Waals surface area contributed by atoms with Crippen LogP contribution in [-0.4, -0.2) is 90.2 Å². The summed E-state index contributed by atoms with van der Waals surface area (Å²) >= 11 is 0. The number of likely N-dealkylation sites (N-methyl/N-ethyl adjacent to an activating group) is 1. The highest BCUT2D eigenvalue weighted by Crippen LogP contribution is 2.32. The van der Waals surface area contributed by atoms with E-state index in [2.05, 4.69) is 10.7 Å². The van der Waals surface area contributed by atoms with Crippen LogP contribution in [0.4, 0.5) is 4.79 Å². The Balaban J connectivity index is 0.000000383. The van der Waals surface area contributed by atoms with Gasteiger partial charge in [-0.3, -0.25) is 19.8 Å². The van der Waals surface area contributed by atoms with Gasteiger partial charge in [0.15, 0.2) is 11.5 Å². The van der Waals surface area contributed by atoms with Gasteiger partial charge in [0, 0.05) is 25.8 Å². The van der Waals surface area contributed by atoms with E-state index < -0.39 is 12.1 Å². The third-order valence-electron chi connectivity index (χ3n) is 6.24. The number of aldehydes is 2. The van der Waals surface area contributed by atoms with Crippen LogP contribution in [0, 0.1) is 0 Å². The first kappa shape index (κ1) is 28.6. The molecule has 4 amide bonds. The van der Waals surface area contributed by atoms with Crippen molar-refractivity contribution in [3.05, 3.63) is 23.8 Å². The van der Waals surface area contributed by atoms with Crippen LogP contribution in [0.5, 0.6) is 11.5 Å². The SMILES string of the molecule is CN[C@H](C=O)CC(C)=O.O=C[C@@H]1CCCN2C(=O)CCN(NC(=O)CCc3ccc4c(c3)OCO4)C(=O)N12. The fourth-order valence-corrected chi connectivity index (χ4v) is 4.22. The number of amides is 4. The molecule has 4 rings (SSSR count). The number of ketones is 1. The summed E-state index contributed by atoms with van der Waals surface area (Å²) in [4.78, 5) is 69.5. The average Bonchev–Trinajstić information content (AvgIpc) is 3.35. The normalized spacial score (nSPS) is 19.0. The number of fused-ring (bicyclic) bond motifs is 2. The minimum Gasteiger partial charge on any atom is -0.454 e. The number of hydrogen-bond acceptors (Lipinski definition) is 9. The van der Waals surface area contributed by atoms with Crippen molar-refractivity contribution in [2.75, 3.05) is 26.9 Å². The highest BCUT2D eigenvalue weighted by Gasteiger charge is 2.40. The predicted molar refractivity (Wildman–Crippen MR) is 133 cm³/mol. The van der Waals surface area contributed by atoms with E-state index in [-0.39, 0.29) is 49.8 Å². The fraction of sp³-hybridized carbons (Fsp3) is 0.520. The number of carbonyl (C=O) groups is 6. The van der Waals surface area contributed by atoms with Gasteiger partial charge in [-0.15, -0.1) is 0 Å². The largest absolute Gasteiger partial charge is 0.454 e. The Labute approximate surface area is 220 Å². The summed E-state index contributed by atoms with van der Waals surface area (Å²) in [6.07, 6.45) is 3.53. The number of rotatable bonds is 9. The summed E-state index contributed by atoms with van der Waals surface area (Å²) in [5, 5.41) is 6.31. The molecular formula is C25H33N5O8. The van der Waals surface area contributed by atoms with Gasteiger partial charge in [-0.2, -0.15) is 0 Å². The monoisotopic (exact) mass is 531 g/mol. The van der Waals surface area contributed by atoms with Gasteiger partial charge in [0.1, 0.15) is 24.4 Å². The van der Waals surface area contributed by atoms with E-state index in [1.54, 1.807) is 13.1 Å². The Morgan fingerprint density at radius 1 is 1.16 bits per heavy atom. The molecule has 0 bridgehead atoms. The predicted octanol–water partition coefficient (Wildman–Crippen LogP) is 0.364. The van der Waals surface area contributed by atoms with Crippen LogP contribution < -0.4 is 20.2 Å². The van der Waals surface area contributed by atoms with Crippen molar-refractivity contribution < 1.29 is 38.2 Å². The van der Waals surface area contributed by atoms with Crippen molar-refractivity contribution >= 4 is 36.2 Å².